The van der Waals surface area contributed by atoms with Gasteiger partial charge in [-0.1, -0.05) is 48.5 Å². The lowest BCUT2D eigenvalue weighted by Crippen LogP contribution is -2.04. The van der Waals surface area contributed by atoms with Crippen molar-refractivity contribution in [3.63, 3.8) is 0 Å². The molecule has 4 aromatic rings. The Kier molecular flexibility index (Phi) is 7.53. The van der Waals surface area contributed by atoms with E-state index in [1.165, 1.54) is 37.6 Å². The molecule has 0 aliphatic heterocycles. The minimum atomic E-state index is 0.725. The van der Waals surface area contributed by atoms with E-state index in [-0.39, 0.29) is 0 Å². The maximum absolute atomic E-state index is 10.5. The molecule has 0 atom stereocenters. The summed E-state index contributed by atoms with van der Waals surface area (Å²) < 4.78 is 0. The average Bonchev–Trinajstić information content (AvgIpc) is 3.37. The molecule has 4 heteroatoms. The van der Waals surface area contributed by atoms with Gasteiger partial charge in [-0.2, -0.15) is 0 Å². The van der Waals surface area contributed by atoms with Crippen molar-refractivity contribution in [1.82, 2.24) is 5.32 Å². The quantitative estimate of drug-likeness (QED) is 0.354. The van der Waals surface area contributed by atoms with Crippen LogP contribution >= 0.6 is 22.7 Å². The van der Waals surface area contributed by atoms with Crippen LogP contribution in [0.1, 0.15) is 27.0 Å². The fraction of sp³-hybridized carbons (Fsp3) is 0.160. The zero-order valence-electron chi connectivity index (χ0n) is 16.9. The monoisotopic (exact) mass is 419 g/mol. The molecule has 1 N–H and O–H groups in total. The van der Waals surface area contributed by atoms with Gasteiger partial charge in [0.2, 0.25) is 0 Å². The zero-order chi connectivity index (χ0) is 20.6. The van der Waals surface area contributed by atoms with E-state index in [0.29, 0.717) is 0 Å². The van der Waals surface area contributed by atoms with Crippen LogP contribution in [0.3, 0.4) is 0 Å². The van der Waals surface area contributed by atoms with Gasteiger partial charge >= 0.3 is 0 Å². The number of aldehydes is 1. The second-order valence-corrected chi connectivity index (χ2v) is 8.66. The SMILES string of the molecule is CNCc1ccc(-c2sccc2C)cc1.Cc1ccsc1-c1ccc(C=O)cc1. The molecule has 2 aromatic heterocycles. The summed E-state index contributed by atoms with van der Waals surface area (Å²) in [5.41, 5.74) is 7.21. The maximum Gasteiger partial charge on any atom is 0.150 e. The molecule has 0 amide bonds. The van der Waals surface area contributed by atoms with Crippen LogP contribution in [0.2, 0.25) is 0 Å². The van der Waals surface area contributed by atoms with Crippen molar-refractivity contribution in [3.8, 4) is 20.9 Å². The third kappa shape index (κ3) is 5.51. The summed E-state index contributed by atoms with van der Waals surface area (Å²) in [7, 11) is 1.97. The number of benzene rings is 2. The third-order valence-corrected chi connectivity index (χ3v) is 6.76. The van der Waals surface area contributed by atoms with E-state index in [1.54, 1.807) is 22.7 Å². The van der Waals surface area contributed by atoms with Gasteiger partial charge in [0.25, 0.3) is 0 Å². The first-order valence-electron chi connectivity index (χ1n) is 9.50. The van der Waals surface area contributed by atoms with Gasteiger partial charge in [-0.05, 0) is 71.6 Å². The molecule has 0 bridgehead atoms. The second kappa shape index (κ2) is 10.3. The Hall–Kier alpha value is -2.53. The minimum Gasteiger partial charge on any atom is -0.316 e. The van der Waals surface area contributed by atoms with Crippen LogP contribution in [-0.2, 0) is 6.54 Å². The predicted molar refractivity (Wildman–Crippen MR) is 127 cm³/mol. The van der Waals surface area contributed by atoms with Crippen molar-refractivity contribution in [2.75, 3.05) is 7.05 Å². The smallest absolute Gasteiger partial charge is 0.150 e. The molecule has 0 saturated carbocycles. The van der Waals surface area contributed by atoms with E-state index in [9.17, 15) is 4.79 Å². The van der Waals surface area contributed by atoms with Crippen molar-refractivity contribution < 1.29 is 4.79 Å². The summed E-state index contributed by atoms with van der Waals surface area (Å²) in [5, 5.41) is 7.38. The molecule has 0 unspecified atom stereocenters. The second-order valence-electron chi connectivity index (χ2n) is 6.83. The first-order chi connectivity index (χ1) is 14.1. The summed E-state index contributed by atoms with van der Waals surface area (Å²) in [6.07, 6.45) is 0.866. The van der Waals surface area contributed by atoms with E-state index in [0.717, 1.165) is 18.4 Å². The first-order valence-corrected chi connectivity index (χ1v) is 11.3. The largest absolute Gasteiger partial charge is 0.316 e. The van der Waals surface area contributed by atoms with Crippen LogP contribution in [0, 0.1) is 13.8 Å². The summed E-state index contributed by atoms with van der Waals surface area (Å²) in [5.74, 6) is 0. The van der Waals surface area contributed by atoms with Gasteiger partial charge in [-0.25, -0.2) is 0 Å². The normalized spacial score (nSPS) is 10.3. The Bertz CT molecular complexity index is 1040. The third-order valence-electron chi connectivity index (χ3n) is 4.63. The molecule has 0 spiro atoms. The van der Waals surface area contributed by atoms with Crippen LogP contribution in [0.25, 0.3) is 20.9 Å². The van der Waals surface area contributed by atoms with Crippen molar-refractivity contribution in [2.45, 2.75) is 20.4 Å². The lowest BCUT2D eigenvalue weighted by atomic mass is 10.1. The van der Waals surface area contributed by atoms with Crippen LogP contribution in [0.4, 0.5) is 0 Å². The molecule has 2 heterocycles. The number of hydrogen-bond acceptors (Lipinski definition) is 4. The molecule has 2 aromatic carbocycles. The predicted octanol–water partition coefficient (Wildman–Crippen LogP) is 6.98. The number of rotatable bonds is 5. The van der Waals surface area contributed by atoms with E-state index in [2.05, 4.69) is 66.3 Å². The van der Waals surface area contributed by atoms with Crippen molar-refractivity contribution in [1.29, 1.82) is 0 Å². The molecule has 0 radical (unpaired) electrons. The van der Waals surface area contributed by atoms with Crippen LogP contribution in [0.5, 0.6) is 0 Å². The number of carbonyl (C=O) groups excluding carboxylic acids is 1. The van der Waals surface area contributed by atoms with Crippen molar-refractivity contribution in [2.24, 2.45) is 0 Å². The molecular formula is C25H25NOS2. The van der Waals surface area contributed by atoms with Crippen LogP contribution < -0.4 is 5.32 Å². The molecule has 0 aliphatic carbocycles. The lowest BCUT2D eigenvalue weighted by molar-refractivity contribution is 0.112. The van der Waals surface area contributed by atoms with E-state index < -0.39 is 0 Å². The molecular weight excluding hydrogens is 394 g/mol. The van der Waals surface area contributed by atoms with Crippen molar-refractivity contribution in [3.05, 3.63) is 93.7 Å². The van der Waals surface area contributed by atoms with E-state index in [4.69, 9.17) is 0 Å². The molecule has 148 valence electrons. The summed E-state index contributed by atoms with van der Waals surface area (Å²) in [6.45, 7) is 5.19. The van der Waals surface area contributed by atoms with Crippen molar-refractivity contribution >= 4 is 29.0 Å². The van der Waals surface area contributed by atoms with Gasteiger partial charge in [0.05, 0.1) is 0 Å². The Morgan fingerprint density at radius 1 is 0.759 bits per heavy atom. The first kappa shape index (κ1) is 21.2. The van der Waals surface area contributed by atoms with Gasteiger partial charge in [0, 0.05) is 21.9 Å². The summed E-state index contributed by atoms with van der Waals surface area (Å²) in [6, 6.07) is 20.7. The molecule has 0 saturated heterocycles. The zero-order valence-corrected chi connectivity index (χ0v) is 18.6. The van der Waals surface area contributed by atoms with E-state index >= 15 is 0 Å². The lowest BCUT2D eigenvalue weighted by Gasteiger charge is -2.03. The molecule has 29 heavy (non-hydrogen) atoms. The number of carbonyl (C=O) groups is 1. The molecule has 0 aliphatic rings. The van der Waals surface area contributed by atoms with E-state index in [1.807, 2.05) is 31.3 Å². The number of thiophene rings is 2. The number of hydrogen-bond donors (Lipinski definition) is 1. The Morgan fingerprint density at radius 2 is 1.24 bits per heavy atom. The molecule has 4 rings (SSSR count). The molecule has 0 fully saturated rings. The Balaban J connectivity index is 0.000000166. The highest BCUT2D eigenvalue weighted by atomic mass is 32.1. The number of aryl methyl sites for hydroxylation is 2. The highest BCUT2D eigenvalue weighted by Gasteiger charge is 2.03. The summed E-state index contributed by atoms with van der Waals surface area (Å²) in [4.78, 5) is 13.1. The Labute approximate surface area is 180 Å². The fourth-order valence-corrected chi connectivity index (χ4v) is 4.90. The van der Waals surface area contributed by atoms with Gasteiger partial charge in [0.15, 0.2) is 0 Å². The average molecular weight is 420 g/mol. The minimum absolute atomic E-state index is 0.725. The maximum atomic E-state index is 10.5. The van der Waals surface area contributed by atoms with Gasteiger partial charge in [0.1, 0.15) is 6.29 Å². The molecule has 2 nitrogen and oxygen atoms in total. The summed E-state index contributed by atoms with van der Waals surface area (Å²) >= 11 is 3.53. The highest BCUT2D eigenvalue weighted by Crippen LogP contribution is 2.29. The topological polar surface area (TPSA) is 29.1 Å². The Morgan fingerprint density at radius 3 is 1.62 bits per heavy atom. The van der Waals surface area contributed by atoms with Gasteiger partial charge in [-0.15, -0.1) is 22.7 Å². The standard InChI is InChI=1S/C13H15NS.C12H10OS/c1-10-7-8-15-13(10)12-5-3-11(4-6-12)9-14-2;1-9-6-7-14-12(9)11-4-2-10(8-13)3-5-11/h3-8,14H,9H2,1-2H3;2-8H,1H3. The highest BCUT2D eigenvalue weighted by molar-refractivity contribution is 7.14. The van der Waals surface area contributed by atoms with Gasteiger partial charge in [-0.3, -0.25) is 4.79 Å². The fourth-order valence-electron chi connectivity index (χ4n) is 3.03. The van der Waals surface area contributed by atoms with Crippen LogP contribution in [-0.4, -0.2) is 13.3 Å². The number of nitrogens with one attached hydrogen (secondary N) is 1. The van der Waals surface area contributed by atoms with Crippen LogP contribution in [0.15, 0.2) is 71.4 Å². The van der Waals surface area contributed by atoms with Gasteiger partial charge < -0.3 is 5.32 Å².